The van der Waals surface area contributed by atoms with Crippen molar-refractivity contribution in [2.45, 2.75) is 72.3 Å². The van der Waals surface area contributed by atoms with Crippen molar-refractivity contribution in [2.24, 2.45) is 5.92 Å². The fourth-order valence-corrected chi connectivity index (χ4v) is 2.66. The van der Waals surface area contributed by atoms with Gasteiger partial charge in [0.25, 0.3) is 0 Å². The van der Waals surface area contributed by atoms with E-state index >= 15 is 0 Å². The monoisotopic (exact) mass is 302 g/mol. The van der Waals surface area contributed by atoms with Crippen LogP contribution in [0.4, 0.5) is 0 Å². The van der Waals surface area contributed by atoms with Gasteiger partial charge >= 0.3 is 0 Å². The second kappa shape index (κ2) is 9.15. The van der Waals surface area contributed by atoms with E-state index in [1.807, 2.05) is 0 Å². The van der Waals surface area contributed by atoms with Gasteiger partial charge in [-0.05, 0) is 72.6 Å². The first-order chi connectivity index (χ1) is 10.3. The lowest BCUT2D eigenvalue weighted by Crippen LogP contribution is -2.18. The summed E-state index contributed by atoms with van der Waals surface area (Å²) in [5, 5.41) is 0. The van der Waals surface area contributed by atoms with Crippen LogP contribution in [-0.4, -0.2) is 12.7 Å². The standard InChI is InChI=1S/C21H34O/c1-17-9-7-10-18(2)13-15-20(14-12-17)19(3)11-8-16-21(4,5)22-6/h8-9,11,13,16,20H,7,10,12,14-15H2,1-6H3/b16-8+,17-9+,18-13+,19-11+/t20-/m0/s1. The van der Waals surface area contributed by atoms with Gasteiger partial charge in [0.05, 0.1) is 5.60 Å². The first kappa shape index (κ1) is 19.0. The molecule has 0 fully saturated rings. The van der Waals surface area contributed by atoms with Crippen molar-refractivity contribution in [1.29, 1.82) is 0 Å². The normalized spacial score (nSPS) is 27.2. The Bertz CT molecular complexity index is 460. The van der Waals surface area contributed by atoms with Gasteiger partial charge in [0.15, 0.2) is 0 Å². The van der Waals surface area contributed by atoms with Crippen LogP contribution in [0.1, 0.15) is 66.7 Å². The average Bonchev–Trinajstić information content (AvgIpc) is 2.46. The summed E-state index contributed by atoms with van der Waals surface area (Å²) in [5.74, 6) is 0.645. The Balaban J connectivity index is 2.79. The molecule has 22 heavy (non-hydrogen) atoms. The average molecular weight is 303 g/mol. The maximum Gasteiger partial charge on any atom is 0.0805 e. The van der Waals surface area contributed by atoms with Gasteiger partial charge in [-0.15, -0.1) is 0 Å². The van der Waals surface area contributed by atoms with Crippen LogP contribution in [0, 0.1) is 5.92 Å². The predicted octanol–water partition coefficient (Wildman–Crippen LogP) is 6.39. The molecule has 0 spiro atoms. The number of ether oxygens (including phenoxy) is 1. The molecule has 0 heterocycles. The highest BCUT2D eigenvalue weighted by Crippen LogP contribution is 2.26. The molecule has 0 aromatic heterocycles. The van der Waals surface area contributed by atoms with Gasteiger partial charge in [-0.2, -0.15) is 0 Å². The largest absolute Gasteiger partial charge is 0.375 e. The molecule has 0 saturated heterocycles. The zero-order chi connectivity index (χ0) is 16.6. The third kappa shape index (κ3) is 7.26. The molecular formula is C21H34O. The summed E-state index contributed by atoms with van der Waals surface area (Å²) in [4.78, 5) is 0. The molecular weight excluding hydrogens is 268 g/mol. The second-order valence-corrected chi connectivity index (χ2v) is 7.19. The van der Waals surface area contributed by atoms with Crippen LogP contribution in [0.2, 0.25) is 0 Å². The van der Waals surface area contributed by atoms with E-state index in [-0.39, 0.29) is 5.60 Å². The highest BCUT2D eigenvalue weighted by molar-refractivity contribution is 5.18. The van der Waals surface area contributed by atoms with Gasteiger partial charge in [-0.25, -0.2) is 0 Å². The van der Waals surface area contributed by atoms with E-state index in [1.165, 1.54) is 43.3 Å². The minimum absolute atomic E-state index is 0.192. The van der Waals surface area contributed by atoms with Gasteiger partial charge < -0.3 is 4.74 Å². The Morgan fingerprint density at radius 1 is 1.18 bits per heavy atom. The van der Waals surface area contributed by atoms with Crippen LogP contribution in [0.15, 0.2) is 47.1 Å². The van der Waals surface area contributed by atoms with E-state index in [4.69, 9.17) is 4.74 Å². The molecule has 0 unspecified atom stereocenters. The van der Waals surface area contributed by atoms with Crippen molar-refractivity contribution in [3.05, 3.63) is 47.1 Å². The molecule has 0 aromatic carbocycles. The summed E-state index contributed by atoms with van der Waals surface area (Å²) < 4.78 is 5.43. The topological polar surface area (TPSA) is 9.23 Å². The van der Waals surface area contributed by atoms with Crippen LogP contribution in [0.3, 0.4) is 0 Å². The SMILES string of the molecule is COC(C)(C)/C=C/C=C(\C)[C@@H]1C/C=C(\C)CC/C=C(\C)CC1. The molecule has 1 atom stereocenters. The highest BCUT2D eigenvalue weighted by Gasteiger charge is 2.12. The summed E-state index contributed by atoms with van der Waals surface area (Å²) >= 11 is 0. The molecule has 1 aliphatic rings. The van der Waals surface area contributed by atoms with Crippen LogP contribution in [0.5, 0.6) is 0 Å². The smallest absolute Gasteiger partial charge is 0.0805 e. The molecule has 0 saturated carbocycles. The molecule has 0 N–H and O–H groups in total. The zero-order valence-corrected chi connectivity index (χ0v) is 15.4. The van der Waals surface area contributed by atoms with Crippen molar-refractivity contribution in [1.82, 2.24) is 0 Å². The van der Waals surface area contributed by atoms with Gasteiger partial charge in [0.1, 0.15) is 0 Å². The molecule has 0 radical (unpaired) electrons. The fraction of sp³-hybridized carbons (Fsp3) is 0.619. The van der Waals surface area contributed by atoms with E-state index in [1.54, 1.807) is 12.7 Å². The Morgan fingerprint density at radius 3 is 2.55 bits per heavy atom. The lowest BCUT2D eigenvalue weighted by Gasteiger charge is -2.19. The summed E-state index contributed by atoms with van der Waals surface area (Å²) in [6, 6.07) is 0. The maximum absolute atomic E-state index is 5.43. The zero-order valence-electron chi connectivity index (χ0n) is 15.4. The van der Waals surface area contributed by atoms with E-state index in [2.05, 4.69) is 65.0 Å². The molecule has 1 nitrogen and oxygen atoms in total. The van der Waals surface area contributed by atoms with Crippen molar-refractivity contribution in [3.63, 3.8) is 0 Å². The Morgan fingerprint density at radius 2 is 1.86 bits per heavy atom. The van der Waals surface area contributed by atoms with Gasteiger partial charge in [0, 0.05) is 7.11 Å². The predicted molar refractivity (Wildman–Crippen MR) is 98.1 cm³/mol. The number of methoxy groups -OCH3 is 1. The van der Waals surface area contributed by atoms with E-state index < -0.39 is 0 Å². The van der Waals surface area contributed by atoms with Crippen molar-refractivity contribution in [3.8, 4) is 0 Å². The van der Waals surface area contributed by atoms with E-state index in [9.17, 15) is 0 Å². The van der Waals surface area contributed by atoms with Crippen molar-refractivity contribution >= 4 is 0 Å². The quantitative estimate of drug-likeness (QED) is 0.432. The van der Waals surface area contributed by atoms with E-state index in [0.29, 0.717) is 5.92 Å². The maximum atomic E-state index is 5.43. The first-order valence-electron chi connectivity index (χ1n) is 8.56. The molecule has 1 rings (SSSR count). The third-order valence-corrected chi connectivity index (χ3v) is 4.70. The summed E-state index contributed by atoms with van der Waals surface area (Å²) in [6.07, 6.45) is 17.4. The minimum atomic E-state index is -0.192. The molecule has 1 heteroatoms. The Labute approximate surface area is 137 Å². The molecule has 1 aliphatic carbocycles. The first-order valence-corrected chi connectivity index (χ1v) is 8.56. The Hall–Kier alpha value is -1.08. The summed E-state index contributed by atoms with van der Waals surface area (Å²) in [5.41, 5.74) is 4.35. The minimum Gasteiger partial charge on any atom is -0.375 e. The van der Waals surface area contributed by atoms with Gasteiger partial charge in [-0.1, -0.05) is 47.1 Å². The highest BCUT2D eigenvalue weighted by atomic mass is 16.5. The van der Waals surface area contributed by atoms with Gasteiger partial charge in [0.2, 0.25) is 0 Å². The van der Waals surface area contributed by atoms with Crippen LogP contribution in [0.25, 0.3) is 0 Å². The molecule has 0 aliphatic heterocycles. The Kier molecular flexibility index (Phi) is 7.89. The van der Waals surface area contributed by atoms with Crippen LogP contribution in [-0.2, 0) is 4.74 Å². The lowest BCUT2D eigenvalue weighted by molar-refractivity contribution is 0.0656. The summed E-state index contributed by atoms with van der Waals surface area (Å²) in [6.45, 7) is 11.0. The fourth-order valence-electron chi connectivity index (χ4n) is 2.66. The van der Waals surface area contributed by atoms with Crippen molar-refractivity contribution < 1.29 is 4.74 Å². The number of hydrogen-bond acceptors (Lipinski definition) is 1. The molecule has 0 bridgehead atoms. The third-order valence-electron chi connectivity index (χ3n) is 4.70. The van der Waals surface area contributed by atoms with Crippen molar-refractivity contribution in [2.75, 3.05) is 7.11 Å². The van der Waals surface area contributed by atoms with Crippen LogP contribution < -0.4 is 0 Å². The molecule has 124 valence electrons. The molecule has 0 aromatic rings. The molecule has 0 amide bonds. The summed E-state index contributed by atoms with van der Waals surface area (Å²) in [7, 11) is 1.75. The number of allylic oxidation sites excluding steroid dienone is 7. The van der Waals surface area contributed by atoms with Gasteiger partial charge in [-0.3, -0.25) is 0 Å². The lowest BCUT2D eigenvalue weighted by atomic mass is 9.88. The number of rotatable bonds is 4. The van der Waals surface area contributed by atoms with E-state index in [0.717, 1.165) is 0 Å². The van der Waals surface area contributed by atoms with Crippen LogP contribution >= 0.6 is 0 Å². The number of hydrogen-bond donors (Lipinski definition) is 0. The second-order valence-electron chi connectivity index (χ2n) is 7.19.